The molecule has 3 aromatic rings. The number of carbonyl (C=O) groups excluding carboxylic acids is 1. The van der Waals surface area contributed by atoms with Crippen LogP contribution < -0.4 is 10.1 Å². The fourth-order valence-corrected chi connectivity index (χ4v) is 3.81. The largest absolute Gasteiger partial charge is 0.484 e. The molecule has 13 heteroatoms. The minimum Gasteiger partial charge on any atom is -0.484 e. The quantitative estimate of drug-likeness (QED) is 0.174. The molecule has 1 amide bonds. The summed E-state index contributed by atoms with van der Waals surface area (Å²) in [5.41, 5.74) is -0.0618. The molecule has 1 aromatic heterocycles. The smallest absolute Gasteiger partial charge is 0.289 e. The highest BCUT2D eigenvalue weighted by Crippen LogP contribution is 2.28. The molecule has 1 heterocycles. The van der Waals surface area contributed by atoms with Crippen LogP contribution in [-0.2, 0) is 17.9 Å². The van der Waals surface area contributed by atoms with Crippen molar-refractivity contribution in [3.05, 3.63) is 80.9 Å². The van der Waals surface area contributed by atoms with E-state index in [4.69, 9.17) is 27.9 Å². The molecule has 0 saturated heterocycles. The first-order valence-corrected chi connectivity index (χ1v) is 11.0. The molecule has 172 valence electrons. The standard InChI is InChI=1S/C20H16Cl2FN5O4S/c1-2-7-27-18(10-32-17-6-3-12(23)8-15(17)22)25-26-20(27)33-11-19(29)24-13-4-5-14(21)16(9-13)28(30)31/h2-6,8-9H,1,7,10-11H2,(H,24,29). The van der Waals surface area contributed by atoms with Gasteiger partial charge in [-0.1, -0.05) is 41.0 Å². The zero-order valence-electron chi connectivity index (χ0n) is 16.8. The molecule has 33 heavy (non-hydrogen) atoms. The lowest BCUT2D eigenvalue weighted by atomic mass is 10.3. The first-order chi connectivity index (χ1) is 15.8. The van der Waals surface area contributed by atoms with E-state index in [1.54, 1.807) is 10.6 Å². The van der Waals surface area contributed by atoms with E-state index in [9.17, 15) is 19.3 Å². The van der Waals surface area contributed by atoms with Gasteiger partial charge >= 0.3 is 0 Å². The Labute approximate surface area is 201 Å². The molecule has 0 aliphatic rings. The number of aromatic nitrogens is 3. The van der Waals surface area contributed by atoms with Crippen molar-refractivity contribution in [2.45, 2.75) is 18.3 Å². The third-order valence-corrected chi connectivity index (χ3v) is 5.70. The molecule has 0 saturated carbocycles. The van der Waals surface area contributed by atoms with E-state index in [-0.39, 0.29) is 39.5 Å². The van der Waals surface area contributed by atoms with Gasteiger partial charge < -0.3 is 10.1 Å². The number of nitro benzene ring substituents is 1. The monoisotopic (exact) mass is 511 g/mol. The lowest BCUT2D eigenvalue weighted by Gasteiger charge is -2.10. The van der Waals surface area contributed by atoms with E-state index in [1.165, 1.54) is 30.3 Å². The molecular weight excluding hydrogens is 496 g/mol. The number of nitrogens with one attached hydrogen (secondary N) is 1. The van der Waals surface area contributed by atoms with E-state index in [0.717, 1.165) is 17.8 Å². The lowest BCUT2D eigenvalue weighted by Crippen LogP contribution is -2.15. The molecule has 0 aliphatic carbocycles. The zero-order chi connectivity index (χ0) is 24.0. The van der Waals surface area contributed by atoms with Gasteiger partial charge in [0.05, 0.1) is 15.7 Å². The number of ether oxygens (including phenoxy) is 1. The molecule has 1 N–H and O–H groups in total. The summed E-state index contributed by atoms with van der Waals surface area (Å²) < 4.78 is 20.5. The Hall–Kier alpha value is -3.15. The minimum absolute atomic E-state index is 0.00733. The van der Waals surface area contributed by atoms with E-state index in [2.05, 4.69) is 22.1 Å². The SMILES string of the molecule is C=CCn1c(COc2ccc(F)cc2Cl)nnc1SCC(=O)Nc1ccc(Cl)c([N+](=O)[O-])c1. The third-order valence-electron chi connectivity index (χ3n) is 4.11. The Balaban J connectivity index is 1.64. The molecule has 0 aliphatic heterocycles. The third kappa shape index (κ3) is 6.44. The van der Waals surface area contributed by atoms with Gasteiger partial charge in [-0.15, -0.1) is 16.8 Å². The summed E-state index contributed by atoms with van der Waals surface area (Å²) in [6.45, 7) is 4.07. The van der Waals surface area contributed by atoms with Crippen LogP contribution in [-0.4, -0.2) is 31.3 Å². The normalized spacial score (nSPS) is 10.6. The molecule has 0 radical (unpaired) electrons. The van der Waals surface area contributed by atoms with Crippen LogP contribution in [0.15, 0.2) is 54.2 Å². The number of carbonyl (C=O) groups is 1. The number of thioether (sulfide) groups is 1. The van der Waals surface area contributed by atoms with Gasteiger partial charge in [-0.2, -0.15) is 0 Å². The number of nitrogens with zero attached hydrogens (tertiary/aromatic N) is 4. The molecule has 0 fully saturated rings. The number of hydrogen-bond acceptors (Lipinski definition) is 7. The van der Waals surface area contributed by atoms with Crippen molar-refractivity contribution in [1.82, 2.24) is 14.8 Å². The topological polar surface area (TPSA) is 112 Å². The number of amides is 1. The van der Waals surface area contributed by atoms with Crippen LogP contribution in [0.5, 0.6) is 5.75 Å². The first kappa shape index (κ1) is 24.5. The number of rotatable bonds is 10. The highest BCUT2D eigenvalue weighted by atomic mass is 35.5. The second-order valence-electron chi connectivity index (χ2n) is 6.42. The summed E-state index contributed by atoms with van der Waals surface area (Å²) in [6, 6.07) is 7.76. The van der Waals surface area contributed by atoms with Gasteiger partial charge in [0.25, 0.3) is 5.69 Å². The van der Waals surface area contributed by atoms with Crippen LogP contribution in [0.3, 0.4) is 0 Å². The van der Waals surface area contributed by atoms with Crippen molar-refractivity contribution in [1.29, 1.82) is 0 Å². The summed E-state index contributed by atoms with van der Waals surface area (Å²) in [7, 11) is 0. The van der Waals surface area contributed by atoms with Crippen LogP contribution >= 0.6 is 35.0 Å². The Morgan fingerprint density at radius 1 is 1.27 bits per heavy atom. The van der Waals surface area contributed by atoms with Gasteiger partial charge in [0.2, 0.25) is 5.91 Å². The van der Waals surface area contributed by atoms with Crippen molar-refractivity contribution >= 4 is 52.2 Å². The van der Waals surface area contributed by atoms with E-state index in [0.29, 0.717) is 17.5 Å². The molecule has 2 aromatic carbocycles. The molecule has 0 spiro atoms. The second kappa shape index (κ2) is 11.1. The van der Waals surface area contributed by atoms with Crippen LogP contribution in [0.1, 0.15) is 5.82 Å². The summed E-state index contributed by atoms with van der Waals surface area (Å²) in [5, 5.41) is 22.3. The van der Waals surface area contributed by atoms with Crippen LogP contribution in [0.4, 0.5) is 15.8 Å². The van der Waals surface area contributed by atoms with Crippen molar-refractivity contribution in [2.75, 3.05) is 11.1 Å². The summed E-state index contributed by atoms with van der Waals surface area (Å²) in [5.74, 6) is -0.174. The summed E-state index contributed by atoms with van der Waals surface area (Å²) in [4.78, 5) is 22.7. The molecule has 9 nitrogen and oxygen atoms in total. The predicted octanol–water partition coefficient (Wildman–Crippen LogP) is 5.13. The van der Waals surface area contributed by atoms with Crippen LogP contribution in [0.2, 0.25) is 10.0 Å². The number of nitro groups is 1. The van der Waals surface area contributed by atoms with Crippen molar-refractivity contribution in [2.24, 2.45) is 0 Å². The summed E-state index contributed by atoms with van der Waals surface area (Å²) >= 11 is 12.9. The van der Waals surface area contributed by atoms with Crippen LogP contribution in [0, 0.1) is 15.9 Å². The molecule has 0 unspecified atom stereocenters. The van der Waals surface area contributed by atoms with Gasteiger partial charge in [0.1, 0.15) is 23.2 Å². The fourth-order valence-electron chi connectivity index (χ4n) is 2.64. The number of benzene rings is 2. The number of anilines is 1. The van der Waals surface area contributed by atoms with Gasteiger partial charge in [-0.3, -0.25) is 19.5 Å². The minimum atomic E-state index is -0.632. The number of hydrogen-bond donors (Lipinski definition) is 1. The molecule has 0 bridgehead atoms. The van der Waals surface area contributed by atoms with E-state index in [1.807, 2.05) is 0 Å². The van der Waals surface area contributed by atoms with Gasteiger partial charge in [-0.05, 0) is 30.3 Å². The first-order valence-electron chi connectivity index (χ1n) is 9.26. The maximum atomic E-state index is 13.2. The molecule has 3 rings (SSSR count). The summed E-state index contributed by atoms with van der Waals surface area (Å²) in [6.07, 6.45) is 1.63. The van der Waals surface area contributed by atoms with Crippen molar-refractivity contribution in [3.63, 3.8) is 0 Å². The lowest BCUT2D eigenvalue weighted by molar-refractivity contribution is -0.384. The molecular formula is C20H16Cl2FN5O4S. The van der Waals surface area contributed by atoms with Crippen molar-refractivity contribution in [3.8, 4) is 5.75 Å². The fraction of sp³-hybridized carbons (Fsp3) is 0.150. The maximum absolute atomic E-state index is 13.2. The van der Waals surface area contributed by atoms with Gasteiger partial charge in [0, 0.05) is 18.3 Å². The average Bonchev–Trinajstić information content (AvgIpc) is 3.14. The Morgan fingerprint density at radius 3 is 2.76 bits per heavy atom. The second-order valence-corrected chi connectivity index (χ2v) is 8.18. The van der Waals surface area contributed by atoms with Gasteiger partial charge in [-0.25, -0.2) is 4.39 Å². The average molecular weight is 512 g/mol. The molecule has 0 atom stereocenters. The highest BCUT2D eigenvalue weighted by Gasteiger charge is 2.17. The van der Waals surface area contributed by atoms with E-state index >= 15 is 0 Å². The Kier molecular flexibility index (Phi) is 8.26. The number of allylic oxidation sites excluding steroid dienone is 1. The Bertz CT molecular complexity index is 1210. The van der Waals surface area contributed by atoms with E-state index < -0.39 is 16.6 Å². The number of halogens is 3. The predicted molar refractivity (Wildman–Crippen MR) is 123 cm³/mol. The van der Waals surface area contributed by atoms with Crippen LogP contribution in [0.25, 0.3) is 0 Å². The van der Waals surface area contributed by atoms with Gasteiger partial charge in [0.15, 0.2) is 11.0 Å². The maximum Gasteiger partial charge on any atom is 0.289 e. The highest BCUT2D eigenvalue weighted by molar-refractivity contribution is 7.99. The Morgan fingerprint density at radius 2 is 2.06 bits per heavy atom. The van der Waals surface area contributed by atoms with Crippen molar-refractivity contribution < 1.29 is 18.8 Å². The zero-order valence-corrected chi connectivity index (χ0v) is 19.2.